The molecule has 0 spiro atoms. The second-order valence-corrected chi connectivity index (χ2v) is 6.57. The van der Waals surface area contributed by atoms with Gasteiger partial charge in [0.15, 0.2) is 0 Å². The van der Waals surface area contributed by atoms with Crippen molar-refractivity contribution in [2.45, 2.75) is 37.6 Å². The van der Waals surface area contributed by atoms with Gasteiger partial charge >= 0.3 is 5.69 Å². The fourth-order valence-electron chi connectivity index (χ4n) is 3.80. The number of aromatic amines is 1. The molecule has 0 saturated carbocycles. The Labute approximate surface area is 138 Å². The summed E-state index contributed by atoms with van der Waals surface area (Å²) in [5, 5.41) is 5.67. The molecule has 7 heteroatoms. The fourth-order valence-corrected chi connectivity index (χ4v) is 3.80. The molecule has 2 saturated heterocycles. The van der Waals surface area contributed by atoms with E-state index in [9.17, 15) is 14.4 Å². The number of H-pyrrole nitrogens is 1. The number of imide groups is 1. The summed E-state index contributed by atoms with van der Waals surface area (Å²) in [5.41, 5.74) is 2.38. The van der Waals surface area contributed by atoms with Gasteiger partial charge in [-0.1, -0.05) is 6.07 Å². The lowest BCUT2D eigenvalue weighted by Crippen LogP contribution is -2.43. The molecule has 1 aromatic carbocycles. The van der Waals surface area contributed by atoms with Gasteiger partial charge in [-0.05, 0) is 56.0 Å². The highest BCUT2D eigenvalue weighted by molar-refractivity contribution is 6.00. The summed E-state index contributed by atoms with van der Waals surface area (Å²) in [6.45, 7) is 2.02. The molecule has 126 valence electrons. The van der Waals surface area contributed by atoms with Crippen LogP contribution in [0.25, 0.3) is 11.0 Å². The van der Waals surface area contributed by atoms with E-state index in [0.29, 0.717) is 17.9 Å². The molecule has 0 aliphatic carbocycles. The van der Waals surface area contributed by atoms with E-state index in [-0.39, 0.29) is 18.0 Å². The Bertz CT molecular complexity index is 860. The van der Waals surface area contributed by atoms with E-state index in [0.717, 1.165) is 31.4 Å². The summed E-state index contributed by atoms with van der Waals surface area (Å²) in [4.78, 5) is 38.7. The van der Waals surface area contributed by atoms with Crippen LogP contribution in [0.1, 0.15) is 43.2 Å². The Kier molecular flexibility index (Phi) is 3.72. The average molecular weight is 328 g/mol. The standard InChI is InChI=1S/C17H20N4O3/c22-15-4-3-14(16(23)20-15)21-13-2-1-11(9-12(13)19-17(21)24)10-5-7-18-8-6-10/h1-2,9-10,14,18H,3-8H2,(H,19,24)(H,20,22,23). The van der Waals surface area contributed by atoms with Crippen LogP contribution in [-0.4, -0.2) is 34.5 Å². The van der Waals surface area contributed by atoms with Crippen LogP contribution in [-0.2, 0) is 9.59 Å². The Morgan fingerprint density at radius 3 is 2.58 bits per heavy atom. The third kappa shape index (κ3) is 2.54. The molecule has 2 aliphatic heterocycles. The van der Waals surface area contributed by atoms with Gasteiger partial charge in [-0.25, -0.2) is 4.79 Å². The quantitative estimate of drug-likeness (QED) is 0.710. The van der Waals surface area contributed by atoms with Crippen molar-refractivity contribution >= 4 is 22.8 Å². The van der Waals surface area contributed by atoms with Crippen molar-refractivity contribution in [2.75, 3.05) is 13.1 Å². The fraction of sp³-hybridized carbons (Fsp3) is 0.471. The van der Waals surface area contributed by atoms with Crippen molar-refractivity contribution in [1.82, 2.24) is 20.2 Å². The molecule has 3 N–H and O–H groups in total. The number of carbonyl (C=O) groups is 2. The zero-order valence-electron chi connectivity index (χ0n) is 13.3. The predicted molar refractivity (Wildman–Crippen MR) is 88.8 cm³/mol. The lowest BCUT2D eigenvalue weighted by molar-refractivity contribution is -0.135. The second kappa shape index (κ2) is 5.90. The van der Waals surface area contributed by atoms with Crippen molar-refractivity contribution in [2.24, 2.45) is 0 Å². The molecule has 24 heavy (non-hydrogen) atoms. The Balaban J connectivity index is 1.72. The van der Waals surface area contributed by atoms with Crippen LogP contribution in [0.5, 0.6) is 0 Å². The van der Waals surface area contributed by atoms with Gasteiger partial charge in [0.25, 0.3) is 0 Å². The number of fused-ring (bicyclic) bond motifs is 1. The maximum Gasteiger partial charge on any atom is 0.327 e. The molecule has 0 bridgehead atoms. The molecule has 4 rings (SSSR count). The first kappa shape index (κ1) is 15.1. The summed E-state index contributed by atoms with van der Waals surface area (Å²) in [5.74, 6) is -0.188. The van der Waals surface area contributed by atoms with Gasteiger partial charge in [0.2, 0.25) is 11.8 Å². The summed E-state index contributed by atoms with van der Waals surface area (Å²) in [7, 11) is 0. The summed E-state index contributed by atoms with van der Waals surface area (Å²) >= 11 is 0. The van der Waals surface area contributed by atoms with Gasteiger partial charge in [0.1, 0.15) is 6.04 Å². The molecular weight excluding hydrogens is 308 g/mol. The van der Waals surface area contributed by atoms with Crippen LogP contribution in [0.2, 0.25) is 0 Å². The number of nitrogens with one attached hydrogen (secondary N) is 3. The molecule has 2 amide bonds. The first-order chi connectivity index (χ1) is 11.6. The number of rotatable bonds is 2. The topological polar surface area (TPSA) is 96.0 Å². The highest BCUT2D eigenvalue weighted by Crippen LogP contribution is 2.28. The van der Waals surface area contributed by atoms with Crippen molar-refractivity contribution in [3.05, 3.63) is 34.2 Å². The van der Waals surface area contributed by atoms with Gasteiger partial charge in [0.05, 0.1) is 11.0 Å². The van der Waals surface area contributed by atoms with Crippen molar-refractivity contribution in [1.29, 1.82) is 0 Å². The Morgan fingerprint density at radius 1 is 1.04 bits per heavy atom. The van der Waals surface area contributed by atoms with Crippen molar-refractivity contribution in [3.63, 3.8) is 0 Å². The van der Waals surface area contributed by atoms with Gasteiger partial charge in [-0.15, -0.1) is 0 Å². The molecule has 2 fully saturated rings. The molecule has 2 aromatic rings. The van der Waals surface area contributed by atoms with E-state index >= 15 is 0 Å². The van der Waals surface area contributed by atoms with E-state index < -0.39 is 11.9 Å². The van der Waals surface area contributed by atoms with E-state index in [1.165, 1.54) is 10.1 Å². The van der Waals surface area contributed by atoms with E-state index in [1.807, 2.05) is 18.2 Å². The number of hydrogen-bond donors (Lipinski definition) is 3. The van der Waals surface area contributed by atoms with Crippen molar-refractivity contribution in [3.8, 4) is 0 Å². The zero-order chi connectivity index (χ0) is 16.7. The molecular formula is C17H20N4O3. The van der Waals surface area contributed by atoms with Crippen LogP contribution >= 0.6 is 0 Å². The highest BCUT2D eigenvalue weighted by Gasteiger charge is 2.30. The van der Waals surface area contributed by atoms with Gasteiger partial charge in [-0.2, -0.15) is 0 Å². The molecule has 1 aromatic heterocycles. The molecule has 7 nitrogen and oxygen atoms in total. The Hall–Kier alpha value is -2.41. The number of aromatic nitrogens is 2. The van der Waals surface area contributed by atoms with Gasteiger partial charge in [-0.3, -0.25) is 19.5 Å². The van der Waals surface area contributed by atoms with Crippen LogP contribution < -0.4 is 16.3 Å². The number of hydrogen-bond acceptors (Lipinski definition) is 4. The zero-order valence-corrected chi connectivity index (χ0v) is 13.3. The summed E-state index contributed by atoms with van der Waals surface area (Å²) in [6, 6.07) is 5.35. The summed E-state index contributed by atoms with van der Waals surface area (Å²) in [6.07, 6.45) is 2.78. The smallest absolute Gasteiger partial charge is 0.317 e. The van der Waals surface area contributed by atoms with Crippen molar-refractivity contribution < 1.29 is 9.59 Å². The number of piperidine rings is 2. The van der Waals surface area contributed by atoms with E-state index in [2.05, 4.69) is 15.6 Å². The molecule has 1 atom stereocenters. The van der Waals surface area contributed by atoms with E-state index in [1.54, 1.807) is 0 Å². The maximum atomic E-state index is 12.4. The van der Waals surface area contributed by atoms with E-state index in [4.69, 9.17) is 0 Å². The van der Waals surface area contributed by atoms with Gasteiger partial charge < -0.3 is 10.3 Å². The monoisotopic (exact) mass is 328 g/mol. The maximum absolute atomic E-state index is 12.4. The largest absolute Gasteiger partial charge is 0.327 e. The molecule has 2 aliphatic rings. The lowest BCUT2D eigenvalue weighted by Gasteiger charge is -2.23. The highest BCUT2D eigenvalue weighted by atomic mass is 16.2. The van der Waals surface area contributed by atoms with Crippen LogP contribution in [0.4, 0.5) is 0 Å². The minimum absolute atomic E-state index is 0.253. The minimum Gasteiger partial charge on any atom is -0.317 e. The molecule has 3 heterocycles. The third-order valence-corrected chi connectivity index (χ3v) is 5.07. The molecule has 1 unspecified atom stereocenters. The number of carbonyl (C=O) groups excluding carboxylic acids is 2. The SMILES string of the molecule is O=C1CCC(n2c(=O)[nH]c3cc(C4CCNCC4)ccc32)C(=O)N1. The minimum atomic E-state index is -0.631. The summed E-state index contributed by atoms with van der Waals surface area (Å²) < 4.78 is 1.48. The van der Waals surface area contributed by atoms with Crippen LogP contribution in [0.15, 0.2) is 23.0 Å². The number of amides is 2. The average Bonchev–Trinajstić information content (AvgIpc) is 2.91. The Morgan fingerprint density at radius 2 is 1.83 bits per heavy atom. The lowest BCUT2D eigenvalue weighted by atomic mass is 9.90. The van der Waals surface area contributed by atoms with Crippen LogP contribution in [0, 0.1) is 0 Å². The number of nitrogens with zero attached hydrogens (tertiary/aromatic N) is 1. The third-order valence-electron chi connectivity index (χ3n) is 5.07. The first-order valence-electron chi connectivity index (χ1n) is 8.42. The number of benzene rings is 1. The van der Waals surface area contributed by atoms with Gasteiger partial charge in [0, 0.05) is 6.42 Å². The predicted octanol–water partition coefficient (Wildman–Crippen LogP) is 0.774. The first-order valence-corrected chi connectivity index (χ1v) is 8.42. The number of imidazole rings is 1. The molecule has 0 radical (unpaired) electrons. The second-order valence-electron chi connectivity index (χ2n) is 6.57. The normalized spacial score (nSPS) is 22.8. The van der Waals surface area contributed by atoms with Crippen LogP contribution in [0.3, 0.4) is 0 Å².